The summed E-state index contributed by atoms with van der Waals surface area (Å²) in [5, 5.41) is 20.8. The van der Waals surface area contributed by atoms with Gasteiger partial charge in [-0.05, 0) is 38.1 Å². The summed E-state index contributed by atoms with van der Waals surface area (Å²) in [6.45, 7) is 6.04. The van der Waals surface area contributed by atoms with E-state index in [1.54, 1.807) is 12.1 Å². The van der Waals surface area contributed by atoms with E-state index in [-0.39, 0.29) is 17.5 Å². The molecule has 1 aliphatic rings. The van der Waals surface area contributed by atoms with Crippen molar-refractivity contribution < 1.29 is 15.3 Å². The highest BCUT2D eigenvalue weighted by Crippen LogP contribution is 2.27. The fourth-order valence-electron chi connectivity index (χ4n) is 2.28. The van der Waals surface area contributed by atoms with Crippen molar-refractivity contribution in [1.29, 1.82) is 0 Å². The van der Waals surface area contributed by atoms with E-state index >= 15 is 0 Å². The lowest BCUT2D eigenvalue weighted by atomic mass is 9.97. The number of hydrogen-bond acceptors (Lipinski definition) is 3. The van der Waals surface area contributed by atoms with Crippen molar-refractivity contribution in [2.45, 2.75) is 38.9 Å². The van der Waals surface area contributed by atoms with Crippen LogP contribution < -0.4 is 4.99 Å². The number of aromatic hydroxyl groups is 1. The summed E-state index contributed by atoms with van der Waals surface area (Å²) < 4.78 is 0. The first-order chi connectivity index (χ1) is 7.96. The topological polar surface area (TPSA) is 57.7 Å². The van der Waals surface area contributed by atoms with E-state index in [4.69, 9.17) is 0 Å². The lowest BCUT2D eigenvalue weighted by molar-refractivity contribution is -0.549. The van der Waals surface area contributed by atoms with E-state index in [1.165, 1.54) is 5.06 Å². The molecule has 3 N–H and O–H groups in total. The second kappa shape index (κ2) is 4.13. The number of hydroxylamine groups is 2. The Morgan fingerprint density at radius 1 is 1.29 bits per heavy atom. The summed E-state index contributed by atoms with van der Waals surface area (Å²) in [5.41, 5.74) is 1.66. The van der Waals surface area contributed by atoms with Gasteiger partial charge in [-0.25, -0.2) is 4.99 Å². The molecular formula is C13H19N2O2+. The predicted octanol–water partition coefficient (Wildman–Crippen LogP) is 0.806. The molecule has 0 spiro atoms. The van der Waals surface area contributed by atoms with Crippen molar-refractivity contribution in [2.24, 2.45) is 0 Å². The molecule has 0 aromatic heterocycles. The van der Waals surface area contributed by atoms with Gasteiger partial charge in [-0.2, -0.15) is 0 Å². The molecule has 0 saturated carbocycles. The van der Waals surface area contributed by atoms with Gasteiger partial charge in [0.15, 0.2) is 5.71 Å². The molecule has 0 fully saturated rings. The van der Waals surface area contributed by atoms with Gasteiger partial charge in [-0.3, -0.25) is 0 Å². The fourth-order valence-corrected chi connectivity index (χ4v) is 2.28. The maximum absolute atomic E-state index is 10.2. The van der Waals surface area contributed by atoms with Gasteiger partial charge in [-0.15, -0.1) is 5.06 Å². The molecule has 1 aromatic rings. The normalized spacial score (nSPS) is 23.8. The monoisotopic (exact) mass is 235 g/mol. The number of phenols is 1. The molecule has 0 bridgehead atoms. The average molecular weight is 235 g/mol. The van der Waals surface area contributed by atoms with E-state index in [9.17, 15) is 10.3 Å². The van der Waals surface area contributed by atoms with Crippen LogP contribution >= 0.6 is 0 Å². The molecule has 0 aliphatic carbocycles. The molecule has 1 heterocycles. The molecule has 0 saturated heterocycles. The van der Waals surface area contributed by atoms with E-state index in [1.807, 2.05) is 26.0 Å². The molecule has 17 heavy (non-hydrogen) atoms. The molecule has 2 rings (SSSR count). The molecule has 4 nitrogen and oxygen atoms in total. The van der Waals surface area contributed by atoms with Gasteiger partial charge in [0.25, 0.3) is 6.17 Å². The third-order valence-corrected chi connectivity index (χ3v) is 3.43. The van der Waals surface area contributed by atoms with Crippen LogP contribution in [0.2, 0.25) is 0 Å². The van der Waals surface area contributed by atoms with Crippen LogP contribution in [0.25, 0.3) is 0 Å². The Morgan fingerprint density at radius 3 is 2.35 bits per heavy atom. The van der Waals surface area contributed by atoms with Gasteiger partial charge in [0.2, 0.25) is 0 Å². The van der Waals surface area contributed by atoms with Crippen molar-refractivity contribution in [3.8, 4) is 5.75 Å². The van der Waals surface area contributed by atoms with Crippen LogP contribution in [0.3, 0.4) is 0 Å². The average Bonchev–Trinajstić information content (AvgIpc) is 2.52. The Bertz CT molecular complexity index is 437. The number of nitrogens with zero attached hydrogens (tertiary/aromatic N) is 1. The molecule has 1 atom stereocenters. The lowest BCUT2D eigenvalue weighted by Gasteiger charge is -2.25. The van der Waals surface area contributed by atoms with Crippen molar-refractivity contribution in [3.05, 3.63) is 29.8 Å². The highest BCUT2D eigenvalue weighted by atomic mass is 16.5. The quantitative estimate of drug-likeness (QED) is 0.711. The molecule has 0 radical (unpaired) electrons. The minimum Gasteiger partial charge on any atom is -0.508 e. The number of phenolic OH excluding ortho intramolecular Hbond substituents is 1. The highest BCUT2D eigenvalue weighted by molar-refractivity contribution is 5.88. The van der Waals surface area contributed by atoms with Crippen molar-refractivity contribution >= 4 is 5.71 Å². The van der Waals surface area contributed by atoms with E-state index in [0.29, 0.717) is 0 Å². The molecule has 92 valence electrons. The number of benzene rings is 1. The van der Waals surface area contributed by atoms with E-state index in [0.717, 1.165) is 17.7 Å². The highest BCUT2D eigenvalue weighted by Gasteiger charge is 2.48. The van der Waals surface area contributed by atoms with Gasteiger partial charge >= 0.3 is 0 Å². The Labute approximate surface area is 101 Å². The molecule has 1 aromatic carbocycles. The largest absolute Gasteiger partial charge is 0.508 e. The SMILES string of the molecule is CCC1=[NH+][C@@H](c2ccc(O)cc2)N(O)C1(C)C. The fraction of sp³-hybridized carbons (Fsp3) is 0.462. The number of rotatable bonds is 2. The molecule has 1 aliphatic heterocycles. The maximum atomic E-state index is 10.2. The Kier molecular flexibility index (Phi) is 2.93. The Balaban J connectivity index is 2.35. The second-order valence-corrected chi connectivity index (χ2v) is 4.87. The Hall–Kier alpha value is -1.39. The summed E-state index contributed by atoms with van der Waals surface area (Å²) >= 11 is 0. The first kappa shape index (κ1) is 12.1. The molecular weight excluding hydrogens is 216 g/mol. The van der Waals surface area contributed by atoms with Crippen LogP contribution in [0.4, 0.5) is 0 Å². The van der Waals surface area contributed by atoms with Gasteiger partial charge in [0, 0.05) is 12.0 Å². The predicted molar refractivity (Wildman–Crippen MR) is 64.8 cm³/mol. The minimum atomic E-state index is -0.378. The van der Waals surface area contributed by atoms with E-state index < -0.39 is 0 Å². The van der Waals surface area contributed by atoms with Gasteiger partial charge in [-0.1, -0.05) is 6.92 Å². The smallest absolute Gasteiger partial charge is 0.255 e. The summed E-state index contributed by atoms with van der Waals surface area (Å²) in [5.74, 6) is 0.232. The molecule has 0 unspecified atom stereocenters. The van der Waals surface area contributed by atoms with Gasteiger partial charge in [0.05, 0.1) is 0 Å². The minimum absolute atomic E-state index is 0.232. The molecule has 0 amide bonds. The summed E-state index contributed by atoms with van der Waals surface area (Å²) in [7, 11) is 0. The van der Waals surface area contributed by atoms with Crippen LogP contribution in [0.15, 0.2) is 24.3 Å². The summed E-state index contributed by atoms with van der Waals surface area (Å²) in [4.78, 5) is 3.33. The summed E-state index contributed by atoms with van der Waals surface area (Å²) in [6.07, 6.45) is 0.624. The second-order valence-electron chi connectivity index (χ2n) is 4.87. The van der Waals surface area contributed by atoms with Gasteiger partial charge < -0.3 is 10.3 Å². The van der Waals surface area contributed by atoms with Crippen LogP contribution in [0.5, 0.6) is 5.75 Å². The Morgan fingerprint density at radius 2 is 1.88 bits per heavy atom. The van der Waals surface area contributed by atoms with Crippen LogP contribution in [0.1, 0.15) is 38.9 Å². The zero-order valence-corrected chi connectivity index (χ0v) is 10.4. The standard InChI is InChI=1S/C13H18N2O2/c1-4-11-13(2,3)15(17)12(14-11)9-5-7-10(16)8-6-9/h5-8,12,16-17H,4H2,1-3H3/p+1/t12-/m1/s1. The van der Waals surface area contributed by atoms with Crippen LogP contribution in [0, 0.1) is 0 Å². The zero-order chi connectivity index (χ0) is 12.6. The molecule has 4 heteroatoms. The van der Waals surface area contributed by atoms with Crippen molar-refractivity contribution in [2.75, 3.05) is 0 Å². The van der Waals surface area contributed by atoms with Gasteiger partial charge in [0.1, 0.15) is 11.3 Å². The van der Waals surface area contributed by atoms with Crippen LogP contribution in [-0.2, 0) is 0 Å². The maximum Gasteiger partial charge on any atom is 0.255 e. The first-order valence-electron chi connectivity index (χ1n) is 5.86. The number of hydrogen-bond donors (Lipinski definition) is 3. The van der Waals surface area contributed by atoms with E-state index in [2.05, 4.69) is 11.9 Å². The summed E-state index contributed by atoms with van der Waals surface area (Å²) in [6, 6.07) is 6.87. The lowest BCUT2D eigenvalue weighted by Crippen LogP contribution is -2.72. The van der Waals surface area contributed by atoms with Crippen molar-refractivity contribution in [3.63, 3.8) is 0 Å². The third kappa shape index (κ3) is 1.94. The zero-order valence-electron chi connectivity index (χ0n) is 10.4. The third-order valence-electron chi connectivity index (χ3n) is 3.43. The number of nitrogens with one attached hydrogen (secondary N) is 1. The van der Waals surface area contributed by atoms with Crippen LogP contribution in [-0.4, -0.2) is 26.6 Å². The first-order valence-corrected chi connectivity index (χ1v) is 5.86. The van der Waals surface area contributed by atoms with Crippen molar-refractivity contribution in [1.82, 2.24) is 5.06 Å².